The van der Waals surface area contributed by atoms with Crippen LogP contribution in [-0.4, -0.2) is 18.0 Å². The van der Waals surface area contributed by atoms with Crippen molar-refractivity contribution in [2.24, 2.45) is 5.92 Å². The third kappa shape index (κ3) is 3.14. The van der Waals surface area contributed by atoms with E-state index < -0.39 is 0 Å². The van der Waals surface area contributed by atoms with Crippen LogP contribution in [0, 0.1) is 5.92 Å². The average Bonchev–Trinajstić information content (AvgIpc) is 2.61. The zero-order valence-corrected chi connectivity index (χ0v) is 9.61. The van der Waals surface area contributed by atoms with Crippen LogP contribution in [0.15, 0.2) is 0 Å². The zero-order valence-electron chi connectivity index (χ0n) is 8.85. The van der Waals surface area contributed by atoms with Crippen LogP contribution >= 0.6 is 11.6 Å². The van der Waals surface area contributed by atoms with E-state index in [9.17, 15) is 0 Å². The summed E-state index contributed by atoms with van der Waals surface area (Å²) in [7, 11) is 0. The van der Waals surface area contributed by atoms with Crippen molar-refractivity contribution in [1.29, 1.82) is 0 Å². The molecule has 1 aliphatic carbocycles. The molecule has 0 bridgehead atoms. The molecule has 0 heterocycles. The molecule has 0 saturated heterocycles. The average molecular weight is 204 g/mol. The highest BCUT2D eigenvalue weighted by Gasteiger charge is 2.27. The lowest BCUT2D eigenvalue weighted by Crippen LogP contribution is -2.40. The number of halogens is 1. The Hall–Kier alpha value is 0.250. The Labute approximate surface area is 87.2 Å². The normalized spacial score (nSPS) is 28.6. The molecular formula is C11H22ClN. The van der Waals surface area contributed by atoms with Crippen LogP contribution < -0.4 is 5.32 Å². The van der Waals surface area contributed by atoms with Gasteiger partial charge in [-0.3, -0.25) is 0 Å². The molecule has 78 valence electrons. The van der Waals surface area contributed by atoms with Gasteiger partial charge in [0, 0.05) is 18.0 Å². The molecule has 0 radical (unpaired) electrons. The molecule has 2 atom stereocenters. The Kier molecular flexibility index (Phi) is 5.12. The first-order valence-corrected chi connectivity index (χ1v) is 6.17. The smallest absolute Gasteiger partial charge is 0.0266 e. The van der Waals surface area contributed by atoms with E-state index in [4.69, 9.17) is 11.6 Å². The molecule has 2 heteroatoms. The molecule has 1 nitrogen and oxygen atoms in total. The van der Waals surface area contributed by atoms with Crippen LogP contribution in [0.4, 0.5) is 0 Å². The molecule has 0 spiro atoms. The van der Waals surface area contributed by atoms with Gasteiger partial charge >= 0.3 is 0 Å². The standard InChI is InChI=1S/C11H22ClN/c1-3-10(4-2)13-11-7-5-6-9(11)8-12/h9-11,13H,3-8H2,1-2H3. The summed E-state index contributed by atoms with van der Waals surface area (Å²) in [5, 5.41) is 3.73. The van der Waals surface area contributed by atoms with Gasteiger partial charge in [0.15, 0.2) is 0 Å². The van der Waals surface area contributed by atoms with Gasteiger partial charge < -0.3 is 5.32 Å². The number of hydrogen-bond donors (Lipinski definition) is 1. The lowest BCUT2D eigenvalue weighted by Gasteiger charge is -2.24. The Balaban J connectivity index is 2.33. The van der Waals surface area contributed by atoms with E-state index in [1.807, 2.05) is 0 Å². The lowest BCUT2D eigenvalue weighted by molar-refractivity contribution is 0.361. The highest BCUT2D eigenvalue weighted by molar-refractivity contribution is 6.18. The third-order valence-corrected chi connectivity index (χ3v) is 3.69. The van der Waals surface area contributed by atoms with Crippen molar-refractivity contribution in [1.82, 2.24) is 5.32 Å². The van der Waals surface area contributed by atoms with E-state index in [1.54, 1.807) is 0 Å². The monoisotopic (exact) mass is 203 g/mol. The van der Waals surface area contributed by atoms with Gasteiger partial charge in [-0.2, -0.15) is 0 Å². The topological polar surface area (TPSA) is 12.0 Å². The second-order valence-electron chi connectivity index (χ2n) is 4.13. The fourth-order valence-corrected chi connectivity index (χ4v) is 2.64. The Morgan fingerprint density at radius 2 is 2.00 bits per heavy atom. The van der Waals surface area contributed by atoms with Crippen molar-refractivity contribution in [3.63, 3.8) is 0 Å². The number of rotatable bonds is 5. The maximum absolute atomic E-state index is 5.93. The Morgan fingerprint density at radius 3 is 2.54 bits per heavy atom. The molecule has 0 aromatic heterocycles. The van der Waals surface area contributed by atoms with E-state index in [0.717, 1.165) is 11.8 Å². The predicted octanol–water partition coefficient (Wildman–Crippen LogP) is 3.17. The van der Waals surface area contributed by atoms with Crippen molar-refractivity contribution >= 4 is 11.6 Å². The van der Waals surface area contributed by atoms with Gasteiger partial charge in [0.05, 0.1) is 0 Å². The van der Waals surface area contributed by atoms with Crippen LogP contribution in [0.1, 0.15) is 46.0 Å². The molecule has 0 aliphatic heterocycles. The fourth-order valence-electron chi connectivity index (χ4n) is 2.27. The maximum Gasteiger partial charge on any atom is 0.0266 e. The first-order chi connectivity index (χ1) is 6.31. The number of hydrogen-bond acceptors (Lipinski definition) is 1. The van der Waals surface area contributed by atoms with Crippen molar-refractivity contribution in [2.45, 2.75) is 58.0 Å². The summed E-state index contributed by atoms with van der Waals surface area (Å²) in [6.07, 6.45) is 6.48. The van der Waals surface area contributed by atoms with Crippen molar-refractivity contribution in [3.05, 3.63) is 0 Å². The van der Waals surface area contributed by atoms with E-state index in [-0.39, 0.29) is 0 Å². The highest BCUT2D eigenvalue weighted by Crippen LogP contribution is 2.27. The molecule has 0 amide bonds. The summed E-state index contributed by atoms with van der Waals surface area (Å²) in [4.78, 5) is 0. The molecule has 13 heavy (non-hydrogen) atoms. The van der Waals surface area contributed by atoms with E-state index in [0.29, 0.717) is 12.1 Å². The van der Waals surface area contributed by atoms with Crippen LogP contribution in [0.25, 0.3) is 0 Å². The molecule has 1 N–H and O–H groups in total. The maximum atomic E-state index is 5.93. The van der Waals surface area contributed by atoms with Gasteiger partial charge in [0.2, 0.25) is 0 Å². The van der Waals surface area contributed by atoms with Gasteiger partial charge in [-0.05, 0) is 31.6 Å². The SMILES string of the molecule is CCC(CC)NC1CCCC1CCl. The molecule has 1 saturated carbocycles. The first-order valence-electron chi connectivity index (χ1n) is 5.63. The summed E-state index contributed by atoms with van der Waals surface area (Å²) in [5.41, 5.74) is 0. The van der Waals surface area contributed by atoms with Crippen LogP contribution in [-0.2, 0) is 0 Å². The van der Waals surface area contributed by atoms with Gasteiger partial charge in [0.25, 0.3) is 0 Å². The second kappa shape index (κ2) is 5.87. The molecule has 1 fully saturated rings. The second-order valence-corrected chi connectivity index (χ2v) is 4.44. The van der Waals surface area contributed by atoms with Gasteiger partial charge in [-0.15, -0.1) is 11.6 Å². The van der Waals surface area contributed by atoms with Crippen LogP contribution in [0.3, 0.4) is 0 Å². The summed E-state index contributed by atoms with van der Waals surface area (Å²) in [5.74, 6) is 1.56. The molecule has 1 aliphatic rings. The lowest BCUT2D eigenvalue weighted by atomic mass is 10.0. The minimum atomic E-state index is 0.697. The van der Waals surface area contributed by atoms with Crippen LogP contribution in [0.5, 0.6) is 0 Å². The molecular weight excluding hydrogens is 182 g/mol. The number of nitrogens with one attached hydrogen (secondary N) is 1. The molecule has 0 aromatic rings. The van der Waals surface area contributed by atoms with Crippen molar-refractivity contribution < 1.29 is 0 Å². The Morgan fingerprint density at radius 1 is 1.31 bits per heavy atom. The third-order valence-electron chi connectivity index (χ3n) is 3.29. The van der Waals surface area contributed by atoms with Crippen molar-refractivity contribution in [3.8, 4) is 0 Å². The molecule has 2 unspecified atom stereocenters. The molecule has 1 rings (SSSR count). The summed E-state index contributed by atoms with van der Waals surface area (Å²) >= 11 is 5.93. The highest BCUT2D eigenvalue weighted by atomic mass is 35.5. The zero-order chi connectivity index (χ0) is 9.68. The van der Waals surface area contributed by atoms with E-state index in [2.05, 4.69) is 19.2 Å². The number of alkyl halides is 1. The van der Waals surface area contributed by atoms with Gasteiger partial charge in [0.1, 0.15) is 0 Å². The van der Waals surface area contributed by atoms with E-state index in [1.165, 1.54) is 32.1 Å². The summed E-state index contributed by atoms with van der Waals surface area (Å²) < 4.78 is 0. The quantitative estimate of drug-likeness (QED) is 0.677. The first kappa shape index (κ1) is 11.3. The molecule has 0 aromatic carbocycles. The summed E-state index contributed by atoms with van der Waals surface area (Å²) in [6.45, 7) is 4.51. The Bertz CT molecular complexity index is 134. The van der Waals surface area contributed by atoms with Gasteiger partial charge in [-0.1, -0.05) is 20.3 Å². The largest absolute Gasteiger partial charge is 0.311 e. The van der Waals surface area contributed by atoms with Crippen LogP contribution in [0.2, 0.25) is 0 Å². The minimum Gasteiger partial charge on any atom is -0.311 e. The van der Waals surface area contributed by atoms with Crippen molar-refractivity contribution in [2.75, 3.05) is 5.88 Å². The van der Waals surface area contributed by atoms with Gasteiger partial charge in [-0.25, -0.2) is 0 Å². The minimum absolute atomic E-state index is 0.697. The summed E-state index contributed by atoms with van der Waals surface area (Å²) in [6, 6.07) is 1.40. The van der Waals surface area contributed by atoms with E-state index >= 15 is 0 Å². The predicted molar refractivity (Wildman–Crippen MR) is 59.4 cm³/mol. The fraction of sp³-hybridized carbons (Fsp3) is 1.00.